The standard InChI is InChI=1S/C35H49BrN9O2P/c1-7-24-18-30(32(47-4)20-31(24)45-12-10-27(11-13-45)44-16-14-43(3)15-17-44)41-35-39-23-28(36)34(42-35)40-29-9-8-25(26(21-37)22-38-2)19-33(29)48(5,6)46/h8-9,18-23,27H,7,10-17,37H2,1-6H3,(H2,39,40,41,42). The van der Waals surface area contributed by atoms with E-state index in [1.165, 1.54) is 43.4 Å². The van der Waals surface area contributed by atoms with Gasteiger partial charge in [-0.15, -0.1) is 0 Å². The van der Waals surface area contributed by atoms with E-state index in [-0.39, 0.29) is 0 Å². The summed E-state index contributed by atoms with van der Waals surface area (Å²) in [6, 6.07) is 10.7. The largest absolute Gasteiger partial charge is 0.494 e. The maximum absolute atomic E-state index is 13.4. The van der Waals surface area contributed by atoms with Gasteiger partial charge in [0.25, 0.3) is 0 Å². The lowest BCUT2D eigenvalue weighted by Crippen LogP contribution is -2.52. The molecule has 0 radical (unpaired) electrons. The number of piperazine rings is 1. The van der Waals surface area contributed by atoms with Gasteiger partial charge in [0.15, 0.2) is 0 Å². The predicted octanol–water partition coefficient (Wildman–Crippen LogP) is 5.76. The molecule has 0 amide bonds. The average molecular weight is 739 g/mol. The van der Waals surface area contributed by atoms with Gasteiger partial charge >= 0.3 is 0 Å². The van der Waals surface area contributed by atoms with E-state index in [0.717, 1.165) is 55.2 Å². The van der Waals surface area contributed by atoms with Crippen molar-refractivity contribution in [2.24, 2.45) is 10.7 Å². The van der Waals surface area contributed by atoms with Gasteiger partial charge in [-0.1, -0.05) is 13.0 Å². The Labute approximate surface area is 293 Å². The van der Waals surface area contributed by atoms with Crippen LogP contribution in [0.4, 0.5) is 28.8 Å². The summed E-state index contributed by atoms with van der Waals surface area (Å²) in [6.45, 7) is 12.4. The number of benzene rings is 2. The molecule has 2 fully saturated rings. The van der Waals surface area contributed by atoms with Gasteiger partial charge < -0.3 is 35.5 Å². The van der Waals surface area contributed by atoms with E-state index >= 15 is 0 Å². The molecule has 4 N–H and O–H groups in total. The average Bonchev–Trinajstić information content (AvgIpc) is 3.08. The van der Waals surface area contributed by atoms with Crippen molar-refractivity contribution in [1.29, 1.82) is 0 Å². The van der Waals surface area contributed by atoms with Crippen molar-refractivity contribution in [3.8, 4) is 5.75 Å². The molecule has 0 unspecified atom stereocenters. The zero-order chi connectivity index (χ0) is 34.4. The number of anilines is 5. The second-order valence-corrected chi connectivity index (χ2v) is 16.9. The molecular weight excluding hydrogens is 689 g/mol. The van der Waals surface area contributed by atoms with Gasteiger partial charge in [-0.2, -0.15) is 4.98 Å². The third-order valence-corrected chi connectivity index (χ3v) is 11.4. The van der Waals surface area contributed by atoms with E-state index < -0.39 is 7.14 Å². The fourth-order valence-electron chi connectivity index (χ4n) is 6.50. The van der Waals surface area contributed by atoms with Crippen LogP contribution in [0.1, 0.15) is 30.9 Å². The van der Waals surface area contributed by atoms with Gasteiger partial charge in [0.1, 0.15) is 18.7 Å². The van der Waals surface area contributed by atoms with Crippen molar-refractivity contribution in [2.45, 2.75) is 32.2 Å². The number of methoxy groups -OCH3 is 1. The number of aliphatic imine (C=N–C) groups is 1. The van der Waals surface area contributed by atoms with E-state index in [1.807, 2.05) is 18.2 Å². The molecule has 2 saturated heterocycles. The number of halogens is 1. The number of aromatic nitrogens is 2. The first-order valence-corrected chi connectivity index (χ1v) is 19.9. The molecule has 3 aromatic rings. The number of likely N-dealkylation sites (N-methyl/N-ethyl adjacent to an activating group) is 1. The monoisotopic (exact) mass is 737 g/mol. The topological polar surface area (TPSA) is 124 Å². The Bertz CT molecular complexity index is 1690. The normalized spacial score (nSPS) is 17.2. The van der Waals surface area contributed by atoms with Crippen LogP contribution in [-0.4, -0.2) is 106 Å². The number of rotatable bonds is 11. The molecule has 1 aromatic heterocycles. The summed E-state index contributed by atoms with van der Waals surface area (Å²) in [7, 11) is 2.90. The van der Waals surface area contributed by atoms with Crippen LogP contribution in [0.2, 0.25) is 0 Å². The molecule has 0 atom stereocenters. The number of aryl methyl sites for hydroxylation is 1. The fraction of sp³-hybridized carbons (Fsp3) is 0.457. The summed E-state index contributed by atoms with van der Waals surface area (Å²) < 4.78 is 20.0. The summed E-state index contributed by atoms with van der Waals surface area (Å²) in [5, 5.41) is 7.46. The molecular formula is C35H49BrN9O2P. The molecule has 13 heteroatoms. The van der Waals surface area contributed by atoms with E-state index in [4.69, 9.17) is 15.5 Å². The number of allylic oxidation sites excluding steroid dienone is 1. The zero-order valence-electron chi connectivity index (χ0n) is 29.0. The number of piperidine rings is 1. The third-order valence-electron chi connectivity index (χ3n) is 9.24. The maximum Gasteiger partial charge on any atom is 0.229 e. The first-order valence-electron chi connectivity index (χ1n) is 16.5. The molecule has 5 rings (SSSR count). The quantitative estimate of drug-likeness (QED) is 0.165. The number of ether oxygens (including phenoxy) is 1. The van der Waals surface area contributed by atoms with Gasteiger partial charge in [-0.05, 0) is 84.9 Å². The maximum atomic E-state index is 13.4. The highest BCUT2D eigenvalue weighted by Crippen LogP contribution is 2.40. The second kappa shape index (κ2) is 15.8. The van der Waals surface area contributed by atoms with Crippen LogP contribution >= 0.6 is 23.1 Å². The molecule has 258 valence electrons. The Balaban J connectivity index is 1.36. The molecule has 2 aromatic carbocycles. The lowest BCUT2D eigenvalue weighted by molar-refractivity contribution is 0.0982. The summed E-state index contributed by atoms with van der Waals surface area (Å²) in [5.41, 5.74) is 11.4. The number of nitrogens with one attached hydrogen (secondary N) is 2. The van der Waals surface area contributed by atoms with Crippen LogP contribution < -0.4 is 31.3 Å². The van der Waals surface area contributed by atoms with Crippen LogP contribution in [0.25, 0.3) is 5.57 Å². The van der Waals surface area contributed by atoms with Gasteiger partial charge in [-0.25, -0.2) is 4.98 Å². The van der Waals surface area contributed by atoms with Gasteiger partial charge in [0.05, 0.1) is 23.0 Å². The first kappa shape index (κ1) is 35.9. The number of hydrogen-bond acceptors (Lipinski definition) is 11. The molecule has 0 bridgehead atoms. The van der Waals surface area contributed by atoms with Crippen molar-refractivity contribution < 1.29 is 9.30 Å². The Kier molecular flexibility index (Phi) is 11.8. The third kappa shape index (κ3) is 8.40. The van der Waals surface area contributed by atoms with Gasteiger partial charge in [-0.3, -0.25) is 9.89 Å². The Morgan fingerprint density at radius 1 is 1.10 bits per heavy atom. The Morgan fingerprint density at radius 2 is 1.83 bits per heavy atom. The van der Waals surface area contributed by atoms with E-state index in [0.29, 0.717) is 33.3 Å². The SMILES string of the molecule is CCc1cc(Nc2ncc(Br)c(Nc3ccc(C(C=NC)=CN)cc3P(C)(C)=O)n2)c(OC)cc1N1CCC(N2CCN(C)CC2)CC1. The molecule has 2 aliphatic heterocycles. The Morgan fingerprint density at radius 3 is 2.46 bits per heavy atom. The number of hydrogen-bond donors (Lipinski definition) is 3. The summed E-state index contributed by atoms with van der Waals surface area (Å²) >= 11 is 3.59. The van der Waals surface area contributed by atoms with Crippen LogP contribution in [0, 0.1) is 0 Å². The van der Waals surface area contributed by atoms with Gasteiger partial charge in [0, 0.05) is 93.6 Å². The van der Waals surface area contributed by atoms with Crippen LogP contribution in [-0.2, 0) is 11.0 Å². The van der Waals surface area contributed by atoms with Crippen molar-refractivity contribution in [2.75, 3.05) is 89.3 Å². The molecule has 0 saturated carbocycles. The lowest BCUT2D eigenvalue weighted by atomic mass is 9.99. The van der Waals surface area contributed by atoms with Crippen molar-refractivity contribution >= 4 is 69.0 Å². The predicted molar refractivity (Wildman–Crippen MR) is 205 cm³/mol. The lowest BCUT2D eigenvalue weighted by Gasteiger charge is -2.43. The fourth-order valence-corrected chi connectivity index (χ4v) is 7.95. The first-order chi connectivity index (χ1) is 23.0. The molecule has 3 heterocycles. The van der Waals surface area contributed by atoms with Crippen molar-refractivity contribution in [3.63, 3.8) is 0 Å². The smallest absolute Gasteiger partial charge is 0.229 e. The Hall–Kier alpha value is -3.44. The summed E-state index contributed by atoms with van der Waals surface area (Å²) in [6.07, 6.45) is 8.11. The molecule has 11 nitrogen and oxygen atoms in total. The van der Waals surface area contributed by atoms with Crippen molar-refractivity contribution in [1.82, 2.24) is 19.8 Å². The number of nitrogens with two attached hydrogens (primary N) is 1. The van der Waals surface area contributed by atoms with Crippen LogP contribution in [0.5, 0.6) is 5.75 Å². The molecule has 2 aliphatic rings. The van der Waals surface area contributed by atoms with E-state index in [2.05, 4.69) is 77.3 Å². The molecule has 0 spiro atoms. The summed E-state index contributed by atoms with van der Waals surface area (Å²) in [5.74, 6) is 1.68. The van der Waals surface area contributed by atoms with Crippen LogP contribution in [0.3, 0.4) is 0 Å². The second-order valence-electron chi connectivity index (χ2n) is 12.8. The highest BCUT2D eigenvalue weighted by molar-refractivity contribution is 9.10. The zero-order valence-corrected chi connectivity index (χ0v) is 31.4. The molecule has 48 heavy (non-hydrogen) atoms. The minimum atomic E-state index is -2.69. The highest BCUT2D eigenvalue weighted by Gasteiger charge is 2.28. The highest BCUT2D eigenvalue weighted by atomic mass is 79.9. The summed E-state index contributed by atoms with van der Waals surface area (Å²) in [4.78, 5) is 21.0. The number of nitrogens with zero attached hydrogens (tertiary/aromatic N) is 6. The van der Waals surface area contributed by atoms with Gasteiger partial charge in [0.2, 0.25) is 5.95 Å². The van der Waals surface area contributed by atoms with Crippen molar-refractivity contribution in [3.05, 3.63) is 58.3 Å². The molecule has 0 aliphatic carbocycles. The van der Waals surface area contributed by atoms with E-state index in [9.17, 15) is 4.57 Å². The van der Waals surface area contributed by atoms with E-state index in [1.54, 1.807) is 39.9 Å². The minimum Gasteiger partial charge on any atom is -0.494 e. The minimum absolute atomic E-state index is 0.406. The van der Waals surface area contributed by atoms with Crippen LogP contribution in [0.15, 0.2) is 52.2 Å².